The molecule has 1 N–H and O–H groups in total. The molecule has 2 amide bonds. The number of urea groups is 1. The highest BCUT2D eigenvalue weighted by Crippen LogP contribution is 2.36. The molecule has 2 heterocycles. The smallest absolute Gasteiger partial charge is 0.317 e. The van der Waals surface area contributed by atoms with E-state index < -0.39 is 0 Å². The summed E-state index contributed by atoms with van der Waals surface area (Å²) in [5.41, 5.74) is 0. The van der Waals surface area contributed by atoms with Gasteiger partial charge in [0.1, 0.15) is 0 Å². The SMILES string of the molecule is CSC1(CNC(=O)N2CC[C@@H]3CCCC[C@@H]32)CCOCC1. The molecular formula is C16H28N2O2S. The maximum absolute atomic E-state index is 12.6. The Labute approximate surface area is 132 Å². The number of fused-ring (bicyclic) bond motifs is 1. The number of carbonyl (C=O) groups excluding carboxylic acids is 1. The number of hydrogen-bond donors (Lipinski definition) is 1. The van der Waals surface area contributed by atoms with Gasteiger partial charge in [-0.2, -0.15) is 11.8 Å². The zero-order valence-electron chi connectivity index (χ0n) is 13.1. The van der Waals surface area contributed by atoms with Crippen LogP contribution in [-0.4, -0.2) is 54.3 Å². The molecule has 0 unspecified atom stereocenters. The second kappa shape index (κ2) is 6.78. The Kier molecular flexibility index (Phi) is 4.99. The van der Waals surface area contributed by atoms with E-state index in [9.17, 15) is 4.79 Å². The van der Waals surface area contributed by atoms with E-state index in [1.165, 1.54) is 32.1 Å². The van der Waals surface area contributed by atoms with Crippen molar-refractivity contribution in [2.24, 2.45) is 5.92 Å². The fraction of sp³-hybridized carbons (Fsp3) is 0.938. The minimum Gasteiger partial charge on any atom is -0.381 e. The van der Waals surface area contributed by atoms with Crippen molar-refractivity contribution in [1.82, 2.24) is 10.2 Å². The van der Waals surface area contributed by atoms with Crippen LogP contribution in [0.3, 0.4) is 0 Å². The van der Waals surface area contributed by atoms with E-state index in [4.69, 9.17) is 4.74 Å². The minimum absolute atomic E-state index is 0.171. The number of thioether (sulfide) groups is 1. The Morgan fingerprint density at radius 1 is 1.29 bits per heavy atom. The van der Waals surface area contributed by atoms with Crippen molar-refractivity contribution >= 4 is 17.8 Å². The molecule has 2 atom stereocenters. The van der Waals surface area contributed by atoms with E-state index in [2.05, 4.69) is 16.5 Å². The van der Waals surface area contributed by atoms with Gasteiger partial charge in [-0.3, -0.25) is 0 Å². The zero-order valence-corrected chi connectivity index (χ0v) is 13.9. The van der Waals surface area contributed by atoms with Gasteiger partial charge in [-0.05, 0) is 44.3 Å². The van der Waals surface area contributed by atoms with Crippen LogP contribution in [0.2, 0.25) is 0 Å². The van der Waals surface area contributed by atoms with Gasteiger partial charge in [0.15, 0.2) is 0 Å². The lowest BCUT2D eigenvalue weighted by molar-refractivity contribution is 0.0770. The van der Waals surface area contributed by atoms with Crippen molar-refractivity contribution in [3.8, 4) is 0 Å². The first-order chi connectivity index (χ1) is 10.2. The molecule has 0 spiro atoms. The highest BCUT2D eigenvalue weighted by atomic mass is 32.2. The molecule has 0 bridgehead atoms. The molecule has 4 nitrogen and oxygen atoms in total. The molecule has 3 fully saturated rings. The van der Waals surface area contributed by atoms with Gasteiger partial charge < -0.3 is 15.0 Å². The van der Waals surface area contributed by atoms with Crippen LogP contribution in [0, 0.1) is 5.92 Å². The molecule has 21 heavy (non-hydrogen) atoms. The van der Waals surface area contributed by atoms with Gasteiger partial charge in [-0.25, -0.2) is 4.79 Å². The van der Waals surface area contributed by atoms with Crippen molar-refractivity contribution in [3.63, 3.8) is 0 Å². The van der Waals surface area contributed by atoms with Crippen LogP contribution in [0.15, 0.2) is 0 Å². The van der Waals surface area contributed by atoms with E-state index in [1.807, 2.05) is 11.8 Å². The van der Waals surface area contributed by atoms with E-state index >= 15 is 0 Å². The summed E-state index contributed by atoms with van der Waals surface area (Å²) in [7, 11) is 0. The van der Waals surface area contributed by atoms with E-state index in [0.29, 0.717) is 6.04 Å². The molecule has 120 valence electrons. The van der Waals surface area contributed by atoms with Gasteiger partial charge in [-0.15, -0.1) is 0 Å². The van der Waals surface area contributed by atoms with Gasteiger partial charge in [0.2, 0.25) is 0 Å². The first-order valence-electron chi connectivity index (χ1n) is 8.41. The van der Waals surface area contributed by atoms with Gasteiger partial charge in [0, 0.05) is 37.1 Å². The second-order valence-electron chi connectivity index (χ2n) is 6.75. The molecule has 3 rings (SSSR count). The predicted molar refractivity (Wildman–Crippen MR) is 86.8 cm³/mol. The maximum Gasteiger partial charge on any atom is 0.317 e. The number of rotatable bonds is 3. The van der Waals surface area contributed by atoms with Crippen molar-refractivity contribution in [3.05, 3.63) is 0 Å². The lowest BCUT2D eigenvalue weighted by Gasteiger charge is -2.37. The van der Waals surface area contributed by atoms with E-state index in [1.54, 1.807) is 0 Å². The molecule has 0 aromatic rings. The highest BCUT2D eigenvalue weighted by molar-refractivity contribution is 8.00. The normalized spacial score (nSPS) is 31.8. The summed E-state index contributed by atoms with van der Waals surface area (Å²) in [5.74, 6) is 0.766. The first-order valence-corrected chi connectivity index (χ1v) is 9.64. The lowest BCUT2D eigenvalue weighted by Crippen LogP contribution is -2.50. The van der Waals surface area contributed by atoms with Gasteiger partial charge in [0.05, 0.1) is 0 Å². The fourth-order valence-electron chi connectivity index (χ4n) is 4.19. The van der Waals surface area contributed by atoms with Gasteiger partial charge in [0.25, 0.3) is 0 Å². The summed E-state index contributed by atoms with van der Waals surface area (Å²) in [6.45, 7) is 3.39. The fourth-order valence-corrected chi connectivity index (χ4v) is 4.98. The Hall–Kier alpha value is -0.420. The summed E-state index contributed by atoms with van der Waals surface area (Å²) in [6.07, 6.45) is 10.6. The van der Waals surface area contributed by atoms with Crippen molar-refractivity contribution in [2.45, 2.75) is 55.7 Å². The van der Waals surface area contributed by atoms with Crippen molar-refractivity contribution < 1.29 is 9.53 Å². The predicted octanol–water partition coefficient (Wildman–Crippen LogP) is 2.87. The zero-order chi connectivity index (χ0) is 14.7. The van der Waals surface area contributed by atoms with Gasteiger partial charge in [-0.1, -0.05) is 12.8 Å². The quantitative estimate of drug-likeness (QED) is 0.871. The van der Waals surface area contributed by atoms with Crippen LogP contribution in [0.5, 0.6) is 0 Å². The van der Waals surface area contributed by atoms with E-state index in [0.717, 1.165) is 45.1 Å². The number of likely N-dealkylation sites (tertiary alicyclic amines) is 1. The van der Waals surface area contributed by atoms with Crippen molar-refractivity contribution in [1.29, 1.82) is 0 Å². The van der Waals surface area contributed by atoms with Crippen LogP contribution >= 0.6 is 11.8 Å². The van der Waals surface area contributed by atoms with Crippen LogP contribution in [0.25, 0.3) is 0 Å². The van der Waals surface area contributed by atoms with Gasteiger partial charge >= 0.3 is 6.03 Å². The number of ether oxygens (including phenoxy) is 1. The Balaban J connectivity index is 1.54. The molecular weight excluding hydrogens is 284 g/mol. The molecule has 3 aliphatic rings. The molecule has 0 aromatic carbocycles. The Morgan fingerprint density at radius 3 is 2.81 bits per heavy atom. The topological polar surface area (TPSA) is 41.6 Å². The summed E-state index contributed by atoms with van der Waals surface area (Å²) in [6, 6.07) is 0.683. The Bertz CT molecular complexity index is 371. The molecule has 1 aliphatic carbocycles. The average Bonchev–Trinajstić information content (AvgIpc) is 2.98. The summed E-state index contributed by atoms with van der Waals surface area (Å²) in [4.78, 5) is 14.7. The van der Waals surface area contributed by atoms with Crippen LogP contribution in [0.1, 0.15) is 44.9 Å². The molecule has 1 saturated carbocycles. The number of nitrogens with zero attached hydrogens (tertiary/aromatic N) is 1. The Morgan fingerprint density at radius 2 is 2.05 bits per heavy atom. The molecule has 2 saturated heterocycles. The summed E-state index contributed by atoms with van der Waals surface area (Å²) < 4.78 is 5.65. The third-order valence-electron chi connectivity index (χ3n) is 5.67. The molecule has 0 radical (unpaired) electrons. The first kappa shape index (κ1) is 15.5. The minimum atomic E-state index is 0.171. The summed E-state index contributed by atoms with van der Waals surface area (Å²) >= 11 is 1.89. The van der Waals surface area contributed by atoms with Crippen LogP contribution < -0.4 is 5.32 Å². The number of amides is 2. The highest BCUT2D eigenvalue weighted by Gasteiger charge is 2.39. The van der Waals surface area contributed by atoms with Crippen molar-refractivity contribution in [2.75, 3.05) is 32.6 Å². The standard InChI is InChI=1S/C16H28N2O2S/c1-21-16(7-10-20-11-8-16)12-17-15(19)18-9-6-13-4-2-3-5-14(13)18/h13-14H,2-12H2,1H3,(H,17,19)/t13-,14-/m0/s1. The van der Waals surface area contributed by atoms with Crippen LogP contribution in [0.4, 0.5) is 4.79 Å². The molecule has 2 aliphatic heterocycles. The third kappa shape index (κ3) is 3.34. The average molecular weight is 312 g/mol. The maximum atomic E-state index is 12.6. The largest absolute Gasteiger partial charge is 0.381 e. The van der Waals surface area contributed by atoms with E-state index in [-0.39, 0.29) is 10.8 Å². The molecule has 0 aromatic heterocycles. The third-order valence-corrected chi connectivity index (χ3v) is 7.09. The monoisotopic (exact) mass is 312 g/mol. The number of hydrogen-bond acceptors (Lipinski definition) is 3. The number of nitrogens with one attached hydrogen (secondary N) is 1. The lowest BCUT2D eigenvalue weighted by atomic mass is 9.85. The van der Waals surface area contributed by atoms with Crippen LogP contribution in [-0.2, 0) is 4.74 Å². The summed E-state index contributed by atoms with van der Waals surface area (Å²) in [5, 5.41) is 3.23. The second-order valence-corrected chi connectivity index (χ2v) is 8.03. The molecule has 5 heteroatoms. The number of carbonyl (C=O) groups is 1.